The fraction of sp³-hybridized carbons (Fsp3) is 0.375. The van der Waals surface area contributed by atoms with Crippen molar-refractivity contribution in [3.8, 4) is 11.8 Å². The maximum Gasteiger partial charge on any atom is 0.174 e. The predicted molar refractivity (Wildman–Crippen MR) is 83.6 cm³/mol. The summed E-state index contributed by atoms with van der Waals surface area (Å²) in [6, 6.07) is 6.01. The number of benzene rings is 1. The zero-order valence-corrected chi connectivity index (χ0v) is 13.1. The van der Waals surface area contributed by atoms with Crippen LogP contribution in [-0.4, -0.2) is 28.1 Å². The van der Waals surface area contributed by atoms with Gasteiger partial charge in [0.25, 0.3) is 0 Å². The number of hydrogen-bond acceptors (Lipinski definition) is 5. The van der Waals surface area contributed by atoms with Gasteiger partial charge >= 0.3 is 0 Å². The van der Waals surface area contributed by atoms with Crippen molar-refractivity contribution in [1.82, 2.24) is 9.78 Å². The summed E-state index contributed by atoms with van der Waals surface area (Å²) in [4.78, 5) is 0. The Morgan fingerprint density at radius 3 is 2.91 bits per heavy atom. The third kappa shape index (κ3) is 3.99. The van der Waals surface area contributed by atoms with Gasteiger partial charge < -0.3 is 15.2 Å². The van der Waals surface area contributed by atoms with E-state index in [1.165, 1.54) is 12.1 Å². The highest BCUT2D eigenvalue weighted by molar-refractivity contribution is 5.57. The number of aromatic nitrogens is 2. The van der Waals surface area contributed by atoms with Crippen molar-refractivity contribution in [3.05, 3.63) is 41.0 Å². The van der Waals surface area contributed by atoms with Crippen molar-refractivity contribution in [3.63, 3.8) is 0 Å². The van der Waals surface area contributed by atoms with Gasteiger partial charge in [0, 0.05) is 23.9 Å². The molecule has 122 valence electrons. The summed E-state index contributed by atoms with van der Waals surface area (Å²) in [6.07, 6.45) is 0. The molecule has 23 heavy (non-hydrogen) atoms. The van der Waals surface area contributed by atoms with Crippen molar-refractivity contribution in [2.24, 2.45) is 0 Å². The quantitative estimate of drug-likeness (QED) is 0.817. The molecule has 2 rings (SSSR count). The summed E-state index contributed by atoms with van der Waals surface area (Å²) >= 11 is 0. The molecule has 0 unspecified atom stereocenters. The Morgan fingerprint density at radius 2 is 2.22 bits per heavy atom. The van der Waals surface area contributed by atoms with Gasteiger partial charge in [-0.1, -0.05) is 0 Å². The van der Waals surface area contributed by atoms with E-state index in [1.807, 2.05) is 19.9 Å². The molecule has 6 nitrogen and oxygen atoms in total. The first kappa shape index (κ1) is 16.8. The summed E-state index contributed by atoms with van der Waals surface area (Å²) in [5.74, 6) is -0.128. The Morgan fingerprint density at radius 1 is 1.43 bits per heavy atom. The summed E-state index contributed by atoms with van der Waals surface area (Å²) < 4.78 is 20.3. The summed E-state index contributed by atoms with van der Waals surface area (Å²) in [6.45, 7) is 4.64. The second kappa shape index (κ2) is 7.61. The Labute approximate surface area is 134 Å². The number of nitrogens with zero attached hydrogens (tertiary/aromatic N) is 3. The van der Waals surface area contributed by atoms with Crippen LogP contribution in [0.5, 0.6) is 5.75 Å². The number of aliphatic hydroxyl groups is 1. The van der Waals surface area contributed by atoms with Crippen LogP contribution >= 0.6 is 0 Å². The lowest BCUT2D eigenvalue weighted by molar-refractivity contribution is 0.268. The first-order valence-electron chi connectivity index (χ1n) is 7.23. The molecule has 0 fully saturated rings. The second-order valence-electron chi connectivity index (χ2n) is 5.04. The van der Waals surface area contributed by atoms with E-state index >= 15 is 0 Å². The summed E-state index contributed by atoms with van der Waals surface area (Å²) in [5, 5.41) is 25.2. The third-order valence-corrected chi connectivity index (χ3v) is 3.53. The Hall–Kier alpha value is -2.59. The van der Waals surface area contributed by atoms with Crippen LogP contribution in [0.1, 0.15) is 17.0 Å². The van der Waals surface area contributed by atoms with Gasteiger partial charge in [0.1, 0.15) is 17.6 Å². The number of halogens is 1. The molecule has 0 aliphatic carbocycles. The molecule has 0 saturated heterocycles. The molecule has 1 aromatic heterocycles. The maximum atomic E-state index is 13.3. The number of hydrogen-bond donors (Lipinski definition) is 2. The lowest BCUT2D eigenvalue weighted by Gasteiger charge is -2.12. The monoisotopic (exact) mass is 318 g/mol. The molecule has 1 heterocycles. The summed E-state index contributed by atoms with van der Waals surface area (Å²) in [7, 11) is 0. The molecule has 0 aliphatic heterocycles. The molecule has 0 atom stereocenters. The number of anilines is 1. The normalized spacial score (nSPS) is 10.4. The fourth-order valence-corrected chi connectivity index (χ4v) is 2.36. The van der Waals surface area contributed by atoms with Crippen molar-refractivity contribution < 1.29 is 14.2 Å². The van der Waals surface area contributed by atoms with Gasteiger partial charge in [0.05, 0.1) is 24.5 Å². The van der Waals surface area contributed by atoms with E-state index in [1.54, 1.807) is 10.7 Å². The van der Waals surface area contributed by atoms with Crippen molar-refractivity contribution >= 4 is 5.69 Å². The van der Waals surface area contributed by atoms with E-state index in [9.17, 15) is 4.39 Å². The predicted octanol–water partition coefficient (Wildman–Crippen LogP) is 2.15. The highest BCUT2D eigenvalue weighted by Crippen LogP contribution is 2.26. The molecular weight excluding hydrogens is 299 g/mol. The average Bonchev–Trinajstić information content (AvgIpc) is 2.79. The van der Waals surface area contributed by atoms with Crippen LogP contribution in [0, 0.1) is 31.0 Å². The average molecular weight is 318 g/mol. The second-order valence-corrected chi connectivity index (χ2v) is 5.04. The Balaban J connectivity index is 2.16. The smallest absolute Gasteiger partial charge is 0.174 e. The number of aliphatic hydroxyl groups excluding tert-OH is 1. The zero-order valence-electron chi connectivity index (χ0n) is 13.1. The fourth-order valence-electron chi connectivity index (χ4n) is 2.36. The van der Waals surface area contributed by atoms with Crippen LogP contribution in [0.3, 0.4) is 0 Å². The molecule has 0 bridgehead atoms. The third-order valence-electron chi connectivity index (χ3n) is 3.53. The van der Waals surface area contributed by atoms with Gasteiger partial charge in [0.2, 0.25) is 0 Å². The van der Waals surface area contributed by atoms with Crippen LogP contribution < -0.4 is 10.1 Å². The first-order valence-corrected chi connectivity index (χ1v) is 7.23. The lowest BCUT2D eigenvalue weighted by atomic mass is 10.2. The Kier molecular flexibility index (Phi) is 5.55. The van der Waals surface area contributed by atoms with Crippen LogP contribution in [-0.2, 0) is 13.1 Å². The molecule has 0 amide bonds. The zero-order chi connectivity index (χ0) is 16.8. The minimum atomic E-state index is -0.424. The first-order chi connectivity index (χ1) is 11.1. The largest absolute Gasteiger partial charge is 0.476 e. The molecule has 0 saturated carbocycles. The van der Waals surface area contributed by atoms with Gasteiger partial charge in [-0.25, -0.2) is 4.39 Å². The molecule has 1 aromatic carbocycles. The van der Waals surface area contributed by atoms with Gasteiger partial charge in [-0.15, -0.1) is 0 Å². The SMILES string of the molecule is Cc1nn(CCO)c(C)c1CNc1ccc(F)cc1OCC#N. The molecule has 0 aliphatic rings. The van der Waals surface area contributed by atoms with Crippen LogP contribution in [0.15, 0.2) is 18.2 Å². The molecule has 2 N–H and O–H groups in total. The Bertz CT molecular complexity index is 722. The number of aryl methyl sites for hydroxylation is 1. The van der Waals surface area contributed by atoms with E-state index in [0.717, 1.165) is 17.0 Å². The topological polar surface area (TPSA) is 83.1 Å². The minimum Gasteiger partial charge on any atom is -0.476 e. The maximum absolute atomic E-state index is 13.3. The van der Waals surface area contributed by atoms with Crippen molar-refractivity contribution in [2.75, 3.05) is 18.5 Å². The molecular formula is C16H19FN4O2. The highest BCUT2D eigenvalue weighted by atomic mass is 19.1. The molecule has 7 heteroatoms. The van der Waals surface area contributed by atoms with Crippen LogP contribution in [0.25, 0.3) is 0 Å². The lowest BCUT2D eigenvalue weighted by Crippen LogP contribution is -2.07. The van der Waals surface area contributed by atoms with Crippen LogP contribution in [0.4, 0.5) is 10.1 Å². The van der Waals surface area contributed by atoms with E-state index in [2.05, 4.69) is 10.4 Å². The van der Waals surface area contributed by atoms with Gasteiger partial charge in [-0.3, -0.25) is 4.68 Å². The summed E-state index contributed by atoms with van der Waals surface area (Å²) in [5.41, 5.74) is 3.44. The van der Waals surface area contributed by atoms with Gasteiger partial charge in [-0.2, -0.15) is 10.4 Å². The van der Waals surface area contributed by atoms with E-state index < -0.39 is 5.82 Å². The number of nitrogens with one attached hydrogen (secondary N) is 1. The number of rotatable bonds is 7. The van der Waals surface area contributed by atoms with E-state index in [-0.39, 0.29) is 13.2 Å². The number of nitriles is 1. The van der Waals surface area contributed by atoms with Crippen LogP contribution in [0.2, 0.25) is 0 Å². The van der Waals surface area contributed by atoms with Gasteiger partial charge in [-0.05, 0) is 26.0 Å². The highest BCUT2D eigenvalue weighted by Gasteiger charge is 2.12. The number of ether oxygens (including phenoxy) is 1. The molecule has 0 spiro atoms. The molecule has 0 radical (unpaired) electrons. The van der Waals surface area contributed by atoms with Gasteiger partial charge in [0.15, 0.2) is 6.61 Å². The minimum absolute atomic E-state index is 0.0267. The standard InChI is InChI=1S/C16H19FN4O2/c1-11-14(12(2)21(20-11)6-7-22)10-19-15-4-3-13(17)9-16(15)23-8-5-18/h3-4,9,19,22H,6-8,10H2,1-2H3. The molecule has 2 aromatic rings. The van der Waals surface area contributed by atoms with Crippen molar-refractivity contribution in [2.45, 2.75) is 26.9 Å². The van der Waals surface area contributed by atoms with E-state index in [0.29, 0.717) is 24.5 Å². The van der Waals surface area contributed by atoms with E-state index in [4.69, 9.17) is 15.1 Å². The van der Waals surface area contributed by atoms with Crippen molar-refractivity contribution in [1.29, 1.82) is 5.26 Å².